The average Bonchev–Trinajstić information content (AvgIpc) is 2.67. The molecular weight excluding hydrogens is 421 g/mol. The molecule has 0 atom stereocenters. The molecule has 0 N–H and O–H groups in total. The number of alkyl halides is 7. The number of hydrazone groups is 1. The number of hydrogen-bond donors (Lipinski definition) is 0. The Morgan fingerprint density at radius 2 is 1.73 bits per heavy atom. The third kappa shape index (κ3) is 3.57. The van der Waals surface area contributed by atoms with E-state index in [2.05, 4.69) is 10.1 Å². The van der Waals surface area contributed by atoms with Crippen molar-refractivity contribution in [2.45, 2.75) is 24.6 Å². The van der Waals surface area contributed by atoms with E-state index in [-0.39, 0.29) is 11.3 Å². The topological polar surface area (TPSA) is 48.8 Å². The summed E-state index contributed by atoms with van der Waals surface area (Å²) in [5.41, 5.74) is -6.76. The quantitative estimate of drug-likeness (QED) is 0.516. The Bertz CT molecular complexity index is 959. The van der Waals surface area contributed by atoms with Crippen molar-refractivity contribution in [2.75, 3.05) is 11.9 Å². The van der Waals surface area contributed by atoms with Crippen molar-refractivity contribution in [3.8, 4) is 0 Å². The van der Waals surface area contributed by atoms with Crippen LogP contribution in [0.3, 0.4) is 0 Å². The molecule has 30 heavy (non-hydrogen) atoms. The monoisotopic (exact) mass is 434 g/mol. The van der Waals surface area contributed by atoms with Crippen molar-refractivity contribution in [3.63, 3.8) is 0 Å². The van der Waals surface area contributed by atoms with Crippen LogP contribution >= 0.6 is 0 Å². The van der Waals surface area contributed by atoms with Gasteiger partial charge in [-0.1, -0.05) is 12.1 Å². The first-order chi connectivity index (χ1) is 13.9. The zero-order valence-corrected chi connectivity index (χ0v) is 15.2. The molecule has 0 aliphatic carbocycles. The Hall–Kier alpha value is -3.18. The predicted octanol–water partition coefficient (Wildman–Crippen LogP) is 4.78. The average molecular weight is 434 g/mol. The van der Waals surface area contributed by atoms with Crippen LogP contribution in [0.15, 0.2) is 47.8 Å². The van der Waals surface area contributed by atoms with Crippen LogP contribution < -0.4 is 4.90 Å². The highest BCUT2D eigenvalue weighted by atomic mass is 19.4. The Morgan fingerprint density at radius 3 is 2.30 bits per heavy atom. The summed E-state index contributed by atoms with van der Waals surface area (Å²) in [5, 5.41) is 4.75. The first-order valence-corrected chi connectivity index (χ1v) is 8.31. The number of pyridine rings is 1. The summed E-state index contributed by atoms with van der Waals surface area (Å²) in [7, 11) is 1.27. The van der Waals surface area contributed by atoms with Crippen molar-refractivity contribution in [1.29, 1.82) is 0 Å². The molecule has 1 aromatic carbocycles. The number of rotatable bonds is 3. The van der Waals surface area contributed by atoms with Gasteiger partial charge in [0.1, 0.15) is 0 Å². The molecule has 2 aromatic rings. The van der Waals surface area contributed by atoms with E-state index in [1.165, 1.54) is 25.7 Å². The maximum absolute atomic E-state index is 14.4. The second-order valence-corrected chi connectivity index (χ2v) is 6.43. The summed E-state index contributed by atoms with van der Waals surface area (Å²) in [5.74, 6) is 0. The Morgan fingerprint density at radius 1 is 1.07 bits per heavy atom. The number of carbonyl (C=O) groups excluding carboxylic acids is 1. The van der Waals surface area contributed by atoms with Gasteiger partial charge in [-0.25, -0.2) is 14.2 Å². The Kier molecular flexibility index (Phi) is 5.21. The molecule has 3 rings (SSSR count). The molecule has 160 valence electrons. The lowest BCUT2D eigenvalue weighted by atomic mass is 9.91. The first-order valence-electron chi connectivity index (χ1n) is 8.31. The Labute approximate surface area is 165 Å². The summed E-state index contributed by atoms with van der Waals surface area (Å²) in [6, 6.07) is 4.21. The summed E-state index contributed by atoms with van der Waals surface area (Å²) < 4.78 is 92.6. The lowest BCUT2D eigenvalue weighted by Gasteiger charge is -2.34. The fourth-order valence-corrected chi connectivity index (χ4v) is 2.93. The minimum absolute atomic E-state index is 0.0447. The Balaban J connectivity index is 2.01. The van der Waals surface area contributed by atoms with E-state index in [4.69, 9.17) is 0 Å². The molecule has 5 nitrogen and oxygen atoms in total. The summed E-state index contributed by atoms with van der Waals surface area (Å²) in [4.78, 5) is 17.2. The van der Waals surface area contributed by atoms with Gasteiger partial charge in [-0.15, -0.1) is 0 Å². The first kappa shape index (κ1) is 21.5. The molecule has 2 heterocycles. The van der Waals surface area contributed by atoms with Gasteiger partial charge in [0.2, 0.25) is 0 Å². The number of fused-ring (bicyclic) bond motifs is 1. The van der Waals surface area contributed by atoms with E-state index < -0.39 is 36.2 Å². The fraction of sp³-hybridized carbons (Fsp3) is 0.278. The van der Waals surface area contributed by atoms with Crippen molar-refractivity contribution < 1.29 is 35.5 Å². The standard InChI is InChI=1S/C18H13F7N4O/c1-28-14-5-4-13(16(19,17(20,21)22)18(23,24)25)7-12(14)10-29(15(28)30)27-9-11-3-2-6-26-8-11/h2-9H,10H2,1H3/b27-9+. The predicted molar refractivity (Wildman–Crippen MR) is 92.5 cm³/mol. The molecule has 1 aliphatic heterocycles. The van der Waals surface area contributed by atoms with Crippen LogP contribution in [0.5, 0.6) is 0 Å². The smallest absolute Gasteiger partial charge is 0.296 e. The summed E-state index contributed by atoms with van der Waals surface area (Å²) in [6.07, 6.45) is -8.28. The molecule has 0 spiro atoms. The van der Waals surface area contributed by atoms with Crippen molar-refractivity contribution in [3.05, 3.63) is 59.4 Å². The molecule has 0 radical (unpaired) electrons. The van der Waals surface area contributed by atoms with Gasteiger partial charge in [0.15, 0.2) is 0 Å². The molecule has 0 fully saturated rings. The number of halogens is 7. The van der Waals surface area contributed by atoms with E-state index in [1.807, 2.05) is 0 Å². The third-order valence-electron chi connectivity index (χ3n) is 4.48. The van der Waals surface area contributed by atoms with Crippen molar-refractivity contribution in [1.82, 2.24) is 9.99 Å². The van der Waals surface area contributed by atoms with Gasteiger partial charge < -0.3 is 0 Å². The number of aromatic nitrogens is 1. The van der Waals surface area contributed by atoms with E-state index in [9.17, 15) is 35.5 Å². The fourth-order valence-electron chi connectivity index (χ4n) is 2.93. The van der Waals surface area contributed by atoms with Crippen LogP contribution in [0.1, 0.15) is 16.7 Å². The van der Waals surface area contributed by atoms with Crippen molar-refractivity contribution >= 4 is 17.9 Å². The van der Waals surface area contributed by atoms with Gasteiger partial charge >= 0.3 is 24.1 Å². The van der Waals surface area contributed by atoms with Gasteiger partial charge in [0.05, 0.1) is 18.4 Å². The van der Waals surface area contributed by atoms with E-state index in [0.29, 0.717) is 17.7 Å². The van der Waals surface area contributed by atoms with Crippen LogP contribution in [-0.2, 0) is 12.2 Å². The number of benzene rings is 1. The normalized spacial score (nSPS) is 15.7. The number of nitrogens with zero attached hydrogens (tertiary/aromatic N) is 4. The zero-order chi connectivity index (χ0) is 22.3. The van der Waals surface area contributed by atoms with E-state index >= 15 is 0 Å². The maximum atomic E-state index is 14.4. The highest BCUT2D eigenvalue weighted by molar-refractivity contribution is 5.95. The zero-order valence-electron chi connectivity index (χ0n) is 15.2. The van der Waals surface area contributed by atoms with Gasteiger partial charge in [0.25, 0.3) is 0 Å². The molecule has 1 aliphatic rings. The van der Waals surface area contributed by atoms with Crippen LogP contribution in [0.2, 0.25) is 0 Å². The van der Waals surface area contributed by atoms with Crippen LogP contribution in [0, 0.1) is 0 Å². The van der Waals surface area contributed by atoms with Crippen LogP contribution in [0.25, 0.3) is 0 Å². The van der Waals surface area contributed by atoms with Crippen LogP contribution in [0.4, 0.5) is 41.2 Å². The van der Waals surface area contributed by atoms with E-state index in [1.54, 1.807) is 12.1 Å². The molecule has 0 bridgehead atoms. The number of anilines is 1. The molecule has 0 saturated heterocycles. The van der Waals surface area contributed by atoms with Crippen molar-refractivity contribution in [2.24, 2.45) is 5.10 Å². The van der Waals surface area contributed by atoms with Gasteiger partial charge in [-0.05, 0) is 23.8 Å². The van der Waals surface area contributed by atoms with Gasteiger partial charge in [0, 0.05) is 30.6 Å². The van der Waals surface area contributed by atoms with Gasteiger partial charge in [-0.3, -0.25) is 9.88 Å². The highest BCUT2D eigenvalue weighted by Crippen LogP contribution is 2.53. The molecule has 0 saturated carbocycles. The van der Waals surface area contributed by atoms with Crippen LogP contribution in [-0.4, -0.2) is 41.6 Å². The third-order valence-corrected chi connectivity index (χ3v) is 4.48. The summed E-state index contributed by atoms with van der Waals surface area (Å²) in [6.45, 7) is -0.450. The minimum atomic E-state index is -6.23. The lowest BCUT2D eigenvalue weighted by Crippen LogP contribution is -2.50. The molecule has 1 aromatic heterocycles. The summed E-state index contributed by atoms with van der Waals surface area (Å²) >= 11 is 0. The largest absolute Gasteiger partial charge is 0.435 e. The number of carbonyl (C=O) groups is 1. The lowest BCUT2D eigenvalue weighted by molar-refractivity contribution is -0.348. The number of hydrogen-bond acceptors (Lipinski definition) is 3. The highest BCUT2D eigenvalue weighted by Gasteiger charge is 2.73. The minimum Gasteiger partial charge on any atom is -0.296 e. The SMILES string of the molecule is CN1C(=O)N(/N=C/c2cccnc2)Cc2cc(C(F)(C(F)(F)F)C(F)(F)F)ccc21. The number of urea groups is 1. The van der Waals surface area contributed by atoms with E-state index in [0.717, 1.165) is 16.0 Å². The molecule has 0 unspecified atom stereocenters. The maximum Gasteiger partial charge on any atom is 0.435 e. The molecule has 12 heteroatoms. The molecule has 2 amide bonds. The second-order valence-electron chi connectivity index (χ2n) is 6.43. The number of amides is 2. The van der Waals surface area contributed by atoms with Gasteiger partial charge in [-0.2, -0.15) is 31.4 Å². The molecular formula is C18H13F7N4O. The second kappa shape index (κ2) is 7.26.